The van der Waals surface area contributed by atoms with Crippen LogP contribution in [0.3, 0.4) is 0 Å². The van der Waals surface area contributed by atoms with E-state index in [1.807, 2.05) is 31.5 Å². The van der Waals surface area contributed by atoms with Crippen molar-refractivity contribution in [2.45, 2.75) is 6.04 Å². The molecule has 0 aliphatic rings. The van der Waals surface area contributed by atoms with Gasteiger partial charge >= 0.3 is 0 Å². The Kier molecular flexibility index (Phi) is 2.79. The predicted octanol–water partition coefficient (Wildman–Crippen LogP) is 2.62. The highest BCUT2D eigenvalue weighted by atomic mass is 32.1. The molecule has 0 radical (unpaired) electrons. The van der Waals surface area contributed by atoms with Crippen molar-refractivity contribution in [1.82, 2.24) is 5.32 Å². The molecule has 0 spiro atoms. The molecule has 0 amide bonds. The smallest absolute Gasteiger partial charge is 0.134 e. The highest BCUT2D eigenvalue weighted by Crippen LogP contribution is 2.26. The van der Waals surface area contributed by atoms with Gasteiger partial charge in [0.15, 0.2) is 0 Å². The van der Waals surface area contributed by atoms with Gasteiger partial charge in [-0.2, -0.15) is 12.6 Å². The maximum Gasteiger partial charge on any atom is 0.134 e. The van der Waals surface area contributed by atoms with Crippen molar-refractivity contribution in [3.8, 4) is 0 Å². The Labute approximate surface area is 88.7 Å². The second kappa shape index (κ2) is 4.07. The van der Waals surface area contributed by atoms with Crippen LogP contribution in [0.1, 0.15) is 11.6 Å². The third-order valence-electron chi connectivity index (χ3n) is 2.42. The lowest BCUT2D eigenvalue weighted by atomic mass is 10.1. The highest BCUT2D eigenvalue weighted by Gasteiger charge is 2.13. The predicted molar refractivity (Wildman–Crippen MR) is 61.9 cm³/mol. The molecule has 74 valence electrons. The van der Waals surface area contributed by atoms with E-state index in [1.54, 1.807) is 0 Å². The molecular weight excluding hydrogens is 194 g/mol. The quantitative estimate of drug-likeness (QED) is 0.756. The summed E-state index contributed by atoms with van der Waals surface area (Å²) >= 11 is 4.30. The van der Waals surface area contributed by atoms with Crippen molar-refractivity contribution in [2.75, 3.05) is 12.8 Å². The molecule has 2 aromatic rings. The first kappa shape index (κ1) is 9.62. The minimum atomic E-state index is 0.252. The summed E-state index contributed by atoms with van der Waals surface area (Å²) in [6.45, 7) is 0. The van der Waals surface area contributed by atoms with Crippen LogP contribution in [0, 0.1) is 0 Å². The van der Waals surface area contributed by atoms with Gasteiger partial charge in [-0.3, -0.25) is 0 Å². The first-order valence-corrected chi connectivity index (χ1v) is 5.24. The van der Waals surface area contributed by atoms with Gasteiger partial charge in [-0.1, -0.05) is 18.2 Å². The van der Waals surface area contributed by atoms with Gasteiger partial charge in [0.25, 0.3) is 0 Å². The second-order valence-corrected chi connectivity index (χ2v) is 3.58. The largest absolute Gasteiger partial charge is 0.464 e. The number of rotatable bonds is 3. The molecule has 1 heterocycles. The maximum absolute atomic E-state index is 5.46. The van der Waals surface area contributed by atoms with Gasteiger partial charge in [0, 0.05) is 22.7 Å². The molecule has 0 saturated heterocycles. The van der Waals surface area contributed by atoms with Crippen LogP contribution in [-0.4, -0.2) is 12.8 Å². The number of hydrogen-bond donors (Lipinski definition) is 2. The molecule has 1 aromatic carbocycles. The second-order valence-electron chi connectivity index (χ2n) is 3.21. The summed E-state index contributed by atoms with van der Waals surface area (Å²) < 4.78 is 5.46. The number of benzene rings is 1. The number of hydrogen-bond acceptors (Lipinski definition) is 3. The molecule has 0 aliphatic heterocycles. The average Bonchev–Trinajstić information content (AvgIpc) is 2.65. The number of nitrogens with one attached hydrogen (secondary N) is 1. The number of furan rings is 1. The van der Waals surface area contributed by atoms with Gasteiger partial charge in [0.1, 0.15) is 5.58 Å². The number of thiol groups is 1. The Morgan fingerprint density at radius 2 is 2.21 bits per heavy atom. The molecule has 1 unspecified atom stereocenters. The Balaban J connectivity index is 2.51. The summed E-state index contributed by atoms with van der Waals surface area (Å²) in [6, 6.07) is 8.30. The lowest BCUT2D eigenvalue weighted by molar-refractivity contribution is 0.591. The van der Waals surface area contributed by atoms with E-state index in [2.05, 4.69) is 24.0 Å². The molecule has 3 heteroatoms. The van der Waals surface area contributed by atoms with E-state index in [0.29, 0.717) is 0 Å². The van der Waals surface area contributed by atoms with Crippen molar-refractivity contribution in [2.24, 2.45) is 0 Å². The van der Waals surface area contributed by atoms with E-state index in [9.17, 15) is 0 Å². The molecule has 1 atom stereocenters. The standard InChI is InChI=1S/C11H13NOS/c1-12-10(7-14)9-6-13-11-5-3-2-4-8(9)11/h2-6,10,12,14H,7H2,1H3. The van der Waals surface area contributed by atoms with E-state index >= 15 is 0 Å². The van der Waals surface area contributed by atoms with E-state index in [0.717, 1.165) is 11.3 Å². The van der Waals surface area contributed by atoms with Crippen molar-refractivity contribution in [1.29, 1.82) is 0 Å². The Morgan fingerprint density at radius 3 is 2.93 bits per heavy atom. The molecule has 1 N–H and O–H groups in total. The zero-order chi connectivity index (χ0) is 9.97. The fraction of sp³-hybridized carbons (Fsp3) is 0.273. The van der Waals surface area contributed by atoms with Crippen LogP contribution in [0.5, 0.6) is 0 Å². The van der Waals surface area contributed by atoms with E-state index in [1.165, 1.54) is 10.9 Å². The molecular formula is C11H13NOS. The van der Waals surface area contributed by atoms with Gasteiger partial charge in [0.05, 0.1) is 6.26 Å². The van der Waals surface area contributed by atoms with E-state index in [-0.39, 0.29) is 6.04 Å². The molecule has 0 fully saturated rings. The molecule has 0 bridgehead atoms. The SMILES string of the molecule is CNC(CS)c1coc2ccccc12. The van der Waals surface area contributed by atoms with E-state index in [4.69, 9.17) is 4.42 Å². The van der Waals surface area contributed by atoms with Crippen molar-refractivity contribution in [3.05, 3.63) is 36.1 Å². The van der Waals surface area contributed by atoms with Gasteiger partial charge in [-0.15, -0.1) is 0 Å². The molecule has 0 saturated carbocycles. The normalized spacial score (nSPS) is 13.3. The molecule has 2 rings (SSSR count). The number of para-hydroxylation sites is 1. The van der Waals surface area contributed by atoms with Gasteiger partial charge in [0.2, 0.25) is 0 Å². The zero-order valence-corrected chi connectivity index (χ0v) is 8.92. The van der Waals surface area contributed by atoms with Crippen molar-refractivity contribution >= 4 is 23.6 Å². The summed E-state index contributed by atoms with van der Waals surface area (Å²) in [4.78, 5) is 0. The first-order chi connectivity index (χ1) is 6.86. The lowest BCUT2D eigenvalue weighted by Crippen LogP contribution is -2.17. The summed E-state index contributed by atoms with van der Waals surface area (Å²) in [6.07, 6.45) is 1.81. The molecule has 14 heavy (non-hydrogen) atoms. The summed E-state index contributed by atoms with van der Waals surface area (Å²) in [5.74, 6) is 0.764. The van der Waals surface area contributed by atoms with Crippen LogP contribution < -0.4 is 5.32 Å². The highest BCUT2D eigenvalue weighted by molar-refractivity contribution is 7.80. The Morgan fingerprint density at radius 1 is 1.43 bits per heavy atom. The summed E-state index contributed by atoms with van der Waals surface area (Å²) in [5, 5.41) is 4.38. The summed E-state index contributed by atoms with van der Waals surface area (Å²) in [5.41, 5.74) is 2.11. The van der Waals surface area contributed by atoms with Crippen LogP contribution in [0.15, 0.2) is 34.9 Å². The first-order valence-electron chi connectivity index (χ1n) is 4.61. The minimum Gasteiger partial charge on any atom is -0.464 e. The average molecular weight is 207 g/mol. The van der Waals surface area contributed by atoms with E-state index < -0.39 is 0 Å². The fourth-order valence-electron chi connectivity index (χ4n) is 1.61. The van der Waals surface area contributed by atoms with Crippen LogP contribution >= 0.6 is 12.6 Å². The van der Waals surface area contributed by atoms with Crippen molar-refractivity contribution in [3.63, 3.8) is 0 Å². The van der Waals surface area contributed by atoms with Crippen LogP contribution in [0.25, 0.3) is 11.0 Å². The van der Waals surface area contributed by atoms with Crippen LogP contribution in [0.2, 0.25) is 0 Å². The lowest BCUT2D eigenvalue weighted by Gasteiger charge is -2.10. The maximum atomic E-state index is 5.46. The zero-order valence-electron chi connectivity index (χ0n) is 8.03. The number of fused-ring (bicyclic) bond motifs is 1. The topological polar surface area (TPSA) is 25.2 Å². The van der Waals surface area contributed by atoms with Gasteiger partial charge < -0.3 is 9.73 Å². The third-order valence-corrected chi connectivity index (χ3v) is 2.78. The van der Waals surface area contributed by atoms with Crippen LogP contribution in [-0.2, 0) is 0 Å². The van der Waals surface area contributed by atoms with Crippen LogP contribution in [0.4, 0.5) is 0 Å². The van der Waals surface area contributed by atoms with Crippen molar-refractivity contribution < 1.29 is 4.42 Å². The summed E-state index contributed by atoms with van der Waals surface area (Å²) in [7, 11) is 1.93. The van der Waals surface area contributed by atoms with Gasteiger partial charge in [-0.05, 0) is 13.1 Å². The van der Waals surface area contributed by atoms with Gasteiger partial charge in [-0.25, -0.2) is 0 Å². The molecule has 2 nitrogen and oxygen atoms in total. The minimum absolute atomic E-state index is 0.252. The third kappa shape index (κ3) is 1.53. The molecule has 1 aromatic heterocycles. The Hall–Kier alpha value is -0.930. The fourth-order valence-corrected chi connectivity index (χ4v) is 1.99. The monoisotopic (exact) mass is 207 g/mol. The Bertz CT molecular complexity index is 420. The molecule has 0 aliphatic carbocycles.